The zero-order valence-electron chi connectivity index (χ0n) is 21.5. The lowest BCUT2D eigenvalue weighted by Crippen LogP contribution is -2.40. The highest BCUT2D eigenvalue weighted by atomic mass is 35.5. The topological polar surface area (TPSA) is 142 Å². The highest BCUT2D eigenvalue weighted by molar-refractivity contribution is 7.91. The summed E-state index contributed by atoms with van der Waals surface area (Å²) in [5, 5.41) is 10.3. The predicted octanol–water partition coefficient (Wildman–Crippen LogP) is 4.09. The fourth-order valence-corrected chi connectivity index (χ4v) is 6.60. The molecule has 0 unspecified atom stereocenters. The smallest absolute Gasteiger partial charge is 0.416 e. The first kappa shape index (κ1) is 30.9. The van der Waals surface area contributed by atoms with Crippen LogP contribution >= 0.6 is 23.2 Å². The van der Waals surface area contributed by atoms with E-state index in [4.69, 9.17) is 28.3 Å². The van der Waals surface area contributed by atoms with Crippen LogP contribution in [0.15, 0.2) is 38.8 Å². The first-order valence-electron chi connectivity index (χ1n) is 12.4. The summed E-state index contributed by atoms with van der Waals surface area (Å²) < 4.78 is 68.6. The second kappa shape index (κ2) is 11.7. The van der Waals surface area contributed by atoms with Gasteiger partial charge in [-0.25, -0.2) is 18.0 Å². The van der Waals surface area contributed by atoms with Crippen LogP contribution in [0, 0.1) is 0 Å². The Labute approximate surface area is 241 Å². The molecule has 1 aliphatic rings. The lowest BCUT2D eigenvalue weighted by molar-refractivity contribution is -0.138. The summed E-state index contributed by atoms with van der Waals surface area (Å²) in [6.07, 6.45) is -5.01. The molecule has 1 amide bonds. The maximum absolute atomic E-state index is 14.3. The van der Waals surface area contributed by atoms with E-state index in [0.717, 1.165) is 0 Å². The predicted molar refractivity (Wildman–Crippen MR) is 147 cm³/mol. The summed E-state index contributed by atoms with van der Waals surface area (Å²) >= 11 is 12.5. The van der Waals surface area contributed by atoms with Crippen molar-refractivity contribution < 1.29 is 31.5 Å². The summed E-state index contributed by atoms with van der Waals surface area (Å²) in [7, 11) is -3.80. The third kappa shape index (κ3) is 6.40. The van der Waals surface area contributed by atoms with Crippen LogP contribution in [0.2, 0.25) is 10.0 Å². The van der Waals surface area contributed by atoms with Gasteiger partial charge in [0.05, 0.1) is 38.7 Å². The Hall–Kier alpha value is -3.07. The van der Waals surface area contributed by atoms with Gasteiger partial charge >= 0.3 is 18.0 Å². The molecule has 0 bridgehead atoms. The Bertz CT molecular complexity index is 1740. The molecular formula is C25H25Cl2F3N4O6S. The van der Waals surface area contributed by atoms with E-state index in [1.807, 2.05) is 0 Å². The van der Waals surface area contributed by atoms with Crippen LogP contribution in [0.4, 0.5) is 18.0 Å². The van der Waals surface area contributed by atoms with Gasteiger partial charge in [-0.15, -0.1) is 0 Å². The number of rotatable bonds is 8. The number of benzene rings is 2. The van der Waals surface area contributed by atoms with E-state index in [0.29, 0.717) is 30.0 Å². The van der Waals surface area contributed by atoms with Crippen molar-refractivity contribution in [2.75, 3.05) is 18.8 Å². The van der Waals surface area contributed by atoms with Crippen molar-refractivity contribution in [1.29, 1.82) is 0 Å². The lowest BCUT2D eigenvalue weighted by atomic mass is 10.0. The summed E-state index contributed by atoms with van der Waals surface area (Å²) in [5.74, 6) is -0.276. The van der Waals surface area contributed by atoms with E-state index in [2.05, 4.69) is 10.3 Å². The Morgan fingerprint density at radius 3 is 2.54 bits per heavy atom. The number of hydrogen-bond donors (Lipinski definition) is 3. The number of aromatic nitrogens is 2. The van der Waals surface area contributed by atoms with Gasteiger partial charge in [-0.05, 0) is 54.8 Å². The molecule has 10 nitrogen and oxygen atoms in total. The number of alkyl halides is 3. The van der Waals surface area contributed by atoms with E-state index < -0.39 is 55.9 Å². The number of halogens is 5. The maximum atomic E-state index is 14.3. The van der Waals surface area contributed by atoms with Gasteiger partial charge in [-0.2, -0.15) is 13.2 Å². The Morgan fingerprint density at radius 1 is 1.20 bits per heavy atom. The van der Waals surface area contributed by atoms with Crippen LogP contribution in [0.1, 0.15) is 36.5 Å². The minimum atomic E-state index is -4.93. The van der Waals surface area contributed by atoms with Crippen molar-refractivity contribution in [2.24, 2.45) is 0 Å². The number of amides is 1. The second-order valence-electron chi connectivity index (χ2n) is 9.57. The molecule has 0 saturated carbocycles. The molecule has 1 atom stereocenters. The van der Waals surface area contributed by atoms with Gasteiger partial charge in [0.25, 0.3) is 5.56 Å². The number of carbonyl (C=O) groups is 1. The average Bonchev–Trinajstić information content (AvgIpc) is 3.33. The molecule has 1 saturated heterocycles. The number of H-pyrrole nitrogens is 1. The van der Waals surface area contributed by atoms with Crippen molar-refractivity contribution in [3.8, 4) is 0 Å². The number of carboxylic acid groups (broad SMARTS) is 1. The third-order valence-corrected chi connectivity index (χ3v) is 9.52. The molecule has 16 heteroatoms. The molecule has 3 aromatic rings. The maximum Gasteiger partial charge on any atom is 0.416 e. The number of sulfone groups is 1. The Morgan fingerprint density at radius 2 is 1.90 bits per heavy atom. The molecule has 222 valence electrons. The highest BCUT2D eigenvalue weighted by Crippen LogP contribution is 2.39. The van der Waals surface area contributed by atoms with E-state index in [9.17, 15) is 36.0 Å². The molecule has 2 heterocycles. The van der Waals surface area contributed by atoms with Crippen LogP contribution in [0.5, 0.6) is 0 Å². The summed E-state index contributed by atoms with van der Waals surface area (Å²) in [6.45, 7) is 0.919. The molecule has 0 spiro atoms. The standard InChI is InChI=1S/C25H25Cl2F3N4O6S/c1-2-41(39,40)19-6-5-14(26)8-13(19)11-34-22(35)16-9-18(25(28,29)30)17(20(27)21(16)32-23(34)36)12-33-7-3-4-15(33)10-31-24(37)38/h5-6,8-9,15,31H,2-4,7,10-12H2,1H3,(H,32,36)(H,37,38)/t15-/m0/s1. The SMILES string of the molecule is CCS(=O)(=O)c1ccc(Cl)cc1Cn1c(=O)[nH]c2c(Cl)c(CN3CCC[C@H]3CNC(=O)O)c(C(F)(F)F)cc2c1=O. The molecule has 3 N–H and O–H groups in total. The molecule has 1 aliphatic heterocycles. The monoisotopic (exact) mass is 636 g/mol. The van der Waals surface area contributed by atoms with Crippen molar-refractivity contribution >= 4 is 50.0 Å². The molecule has 4 rings (SSSR count). The highest BCUT2D eigenvalue weighted by Gasteiger charge is 2.37. The van der Waals surface area contributed by atoms with Crippen LogP contribution in [-0.4, -0.2) is 59.0 Å². The second-order valence-corrected chi connectivity index (χ2v) is 12.6. The van der Waals surface area contributed by atoms with E-state index in [-0.39, 0.29) is 51.4 Å². The van der Waals surface area contributed by atoms with Gasteiger partial charge in [0.15, 0.2) is 9.84 Å². The molecule has 2 aromatic carbocycles. The molecule has 41 heavy (non-hydrogen) atoms. The first-order valence-corrected chi connectivity index (χ1v) is 14.8. The quantitative estimate of drug-likeness (QED) is 0.338. The number of fused-ring (bicyclic) bond motifs is 1. The van der Waals surface area contributed by atoms with E-state index in [1.54, 1.807) is 4.90 Å². The summed E-state index contributed by atoms with van der Waals surface area (Å²) in [5.41, 5.74) is -3.95. The van der Waals surface area contributed by atoms with Gasteiger partial charge in [-0.3, -0.25) is 14.3 Å². The Kier molecular flexibility index (Phi) is 8.79. The first-order chi connectivity index (χ1) is 19.1. The van der Waals surface area contributed by atoms with E-state index in [1.165, 1.54) is 25.1 Å². The molecule has 1 aromatic heterocycles. The number of nitrogens with zero attached hydrogens (tertiary/aromatic N) is 2. The zero-order chi connectivity index (χ0) is 30.3. The van der Waals surface area contributed by atoms with Crippen molar-refractivity contribution in [3.63, 3.8) is 0 Å². The average molecular weight is 637 g/mol. The van der Waals surface area contributed by atoms with Crippen molar-refractivity contribution in [3.05, 3.63) is 71.8 Å². The van der Waals surface area contributed by atoms with Crippen LogP contribution in [-0.2, 0) is 29.1 Å². The van der Waals surface area contributed by atoms with Gasteiger partial charge in [-0.1, -0.05) is 30.1 Å². The Balaban J connectivity index is 1.85. The molecule has 0 aliphatic carbocycles. The van der Waals surface area contributed by atoms with Gasteiger partial charge in [0, 0.05) is 24.2 Å². The number of hydrogen-bond acceptors (Lipinski definition) is 6. The van der Waals surface area contributed by atoms with Gasteiger partial charge in [0.1, 0.15) is 0 Å². The molecular weight excluding hydrogens is 612 g/mol. The molecule has 1 fully saturated rings. The summed E-state index contributed by atoms with van der Waals surface area (Å²) in [6, 6.07) is 4.08. The normalized spacial score (nSPS) is 16.4. The zero-order valence-corrected chi connectivity index (χ0v) is 23.8. The fraction of sp³-hybridized carbons (Fsp3) is 0.400. The van der Waals surface area contributed by atoms with Gasteiger partial charge < -0.3 is 15.4 Å². The number of aromatic amines is 1. The van der Waals surface area contributed by atoms with Crippen LogP contribution < -0.4 is 16.6 Å². The lowest BCUT2D eigenvalue weighted by Gasteiger charge is -2.27. The fourth-order valence-electron chi connectivity index (χ4n) is 4.99. The minimum absolute atomic E-state index is 0.00265. The minimum Gasteiger partial charge on any atom is -0.465 e. The summed E-state index contributed by atoms with van der Waals surface area (Å²) in [4.78, 5) is 41.2. The van der Waals surface area contributed by atoms with E-state index >= 15 is 0 Å². The van der Waals surface area contributed by atoms with Crippen molar-refractivity contribution in [1.82, 2.24) is 19.8 Å². The van der Waals surface area contributed by atoms with Crippen LogP contribution in [0.3, 0.4) is 0 Å². The largest absolute Gasteiger partial charge is 0.465 e. The van der Waals surface area contributed by atoms with Crippen LogP contribution in [0.25, 0.3) is 10.9 Å². The van der Waals surface area contributed by atoms with Crippen molar-refractivity contribution in [2.45, 2.75) is 50.0 Å². The molecule has 0 radical (unpaired) electrons. The van der Waals surface area contributed by atoms with Gasteiger partial charge in [0.2, 0.25) is 0 Å². The number of likely N-dealkylation sites (tertiary alicyclic amines) is 1. The number of nitrogens with one attached hydrogen (secondary N) is 2. The third-order valence-electron chi connectivity index (χ3n) is 7.04.